The number of phenols is 1. The quantitative estimate of drug-likeness (QED) is 0.868. The Morgan fingerprint density at radius 2 is 2.32 bits per heavy atom. The van der Waals surface area contributed by atoms with Crippen LogP contribution >= 0.6 is 0 Å². The molecule has 0 spiro atoms. The lowest BCUT2D eigenvalue weighted by atomic mass is 9.94. The van der Waals surface area contributed by atoms with Crippen LogP contribution in [0.3, 0.4) is 0 Å². The maximum absolute atomic E-state index is 9.82. The van der Waals surface area contributed by atoms with Gasteiger partial charge in [-0.2, -0.15) is 0 Å². The zero-order valence-corrected chi connectivity index (χ0v) is 11.4. The SMILES string of the molecule is COc1ccc(CN2CC3CCCNC3C2)cc1O. The number of nitrogens with one attached hydrogen (secondary N) is 1. The van der Waals surface area contributed by atoms with Gasteiger partial charge in [-0.1, -0.05) is 6.07 Å². The molecule has 0 aromatic heterocycles. The van der Waals surface area contributed by atoms with E-state index in [1.807, 2.05) is 18.2 Å². The number of phenolic OH excluding ortho intramolecular Hbond substituents is 1. The van der Waals surface area contributed by atoms with E-state index in [0.717, 1.165) is 24.6 Å². The topological polar surface area (TPSA) is 44.7 Å². The predicted molar refractivity (Wildman–Crippen MR) is 74.5 cm³/mol. The summed E-state index contributed by atoms with van der Waals surface area (Å²) in [6.45, 7) is 4.37. The standard InChI is InChI=1S/C15H22N2O2/c1-19-15-5-4-11(7-14(15)18)8-17-9-12-3-2-6-16-13(12)10-17/h4-5,7,12-13,16,18H,2-3,6,8-10H2,1H3. The molecule has 2 fully saturated rings. The molecule has 2 aliphatic heterocycles. The van der Waals surface area contributed by atoms with Gasteiger partial charge in [0.2, 0.25) is 0 Å². The molecule has 3 rings (SSSR count). The van der Waals surface area contributed by atoms with E-state index in [-0.39, 0.29) is 5.75 Å². The van der Waals surface area contributed by atoms with Gasteiger partial charge in [-0.25, -0.2) is 0 Å². The highest BCUT2D eigenvalue weighted by Gasteiger charge is 2.33. The minimum absolute atomic E-state index is 0.231. The van der Waals surface area contributed by atoms with Crippen molar-refractivity contribution < 1.29 is 9.84 Å². The smallest absolute Gasteiger partial charge is 0.160 e. The molecule has 0 saturated carbocycles. The minimum Gasteiger partial charge on any atom is -0.504 e. The fourth-order valence-electron chi connectivity index (χ4n) is 3.36. The summed E-state index contributed by atoms with van der Waals surface area (Å²) in [5.74, 6) is 1.58. The molecule has 2 atom stereocenters. The van der Waals surface area contributed by atoms with Crippen molar-refractivity contribution in [1.82, 2.24) is 10.2 Å². The van der Waals surface area contributed by atoms with Gasteiger partial charge in [0.05, 0.1) is 7.11 Å². The molecule has 0 amide bonds. The van der Waals surface area contributed by atoms with Crippen LogP contribution < -0.4 is 10.1 Å². The van der Waals surface area contributed by atoms with Crippen molar-refractivity contribution in [3.05, 3.63) is 23.8 Å². The number of rotatable bonds is 3. The summed E-state index contributed by atoms with van der Waals surface area (Å²) in [4.78, 5) is 2.48. The molecule has 19 heavy (non-hydrogen) atoms. The van der Waals surface area contributed by atoms with Crippen LogP contribution in [0.15, 0.2) is 18.2 Å². The summed E-state index contributed by atoms with van der Waals surface area (Å²) < 4.78 is 5.07. The number of hydrogen-bond acceptors (Lipinski definition) is 4. The highest BCUT2D eigenvalue weighted by atomic mass is 16.5. The molecule has 0 bridgehead atoms. The minimum atomic E-state index is 0.231. The molecule has 0 radical (unpaired) electrons. The molecule has 2 unspecified atom stereocenters. The number of methoxy groups -OCH3 is 1. The van der Waals surface area contributed by atoms with Crippen molar-refractivity contribution in [2.75, 3.05) is 26.7 Å². The predicted octanol–water partition coefficient (Wildman–Crippen LogP) is 1.58. The Morgan fingerprint density at radius 1 is 1.42 bits per heavy atom. The molecule has 1 aromatic rings. The number of aromatic hydroxyl groups is 1. The first-order valence-corrected chi connectivity index (χ1v) is 7.08. The highest BCUT2D eigenvalue weighted by Crippen LogP contribution is 2.29. The van der Waals surface area contributed by atoms with Crippen LogP contribution in [0.1, 0.15) is 18.4 Å². The Hall–Kier alpha value is -1.26. The molecular formula is C15H22N2O2. The Balaban J connectivity index is 1.64. The van der Waals surface area contributed by atoms with Crippen molar-refractivity contribution in [3.63, 3.8) is 0 Å². The molecular weight excluding hydrogens is 240 g/mol. The van der Waals surface area contributed by atoms with Gasteiger partial charge < -0.3 is 15.2 Å². The molecule has 2 heterocycles. The summed E-state index contributed by atoms with van der Waals surface area (Å²) in [6.07, 6.45) is 2.65. The molecule has 2 saturated heterocycles. The third-order valence-corrected chi connectivity index (χ3v) is 4.32. The number of nitrogens with zero attached hydrogens (tertiary/aromatic N) is 1. The third kappa shape index (κ3) is 2.69. The van der Waals surface area contributed by atoms with Crippen LogP contribution in [0, 0.1) is 5.92 Å². The van der Waals surface area contributed by atoms with Crippen molar-refractivity contribution >= 4 is 0 Å². The summed E-state index contributed by atoms with van der Waals surface area (Å²) in [5, 5.41) is 13.4. The van der Waals surface area contributed by atoms with E-state index < -0.39 is 0 Å². The van der Waals surface area contributed by atoms with Gasteiger partial charge in [0.1, 0.15) is 0 Å². The molecule has 104 valence electrons. The van der Waals surface area contributed by atoms with Gasteiger partial charge in [-0.3, -0.25) is 4.90 Å². The summed E-state index contributed by atoms with van der Waals surface area (Å²) in [5.41, 5.74) is 1.15. The number of fused-ring (bicyclic) bond motifs is 1. The van der Waals surface area contributed by atoms with Crippen LogP contribution in [0.2, 0.25) is 0 Å². The number of likely N-dealkylation sites (tertiary alicyclic amines) is 1. The van der Waals surface area contributed by atoms with E-state index in [2.05, 4.69) is 10.2 Å². The lowest BCUT2D eigenvalue weighted by molar-refractivity contribution is 0.311. The average Bonchev–Trinajstić information content (AvgIpc) is 2.81. The van der Waals surface area contributed by atoms with Gasteiger partial charge in [0, 0.05) is 25.7 Å². The molecule has 4 heteroatoms. The van der Waals surface area contributed by atoms with Gasteiger partial charge in [-0.05, 0) is 43.0 Å². The third-order valence-electron chi connectivity index (χ3n) is 4.32. The van der Waals surface area contributed by atoms with Gasteiger partial charge in [0.15, 0.2) is 11.5 Å². The normalized spacial score (nSPS) is 27.2. The fraction of sp³-hybridized carbons (Fsp3) is 0.600. The van der Waals surface area contributed by atoms with Crippen LogP contribution in [-0.2, 0) is 6.54 Å². The second kappa shape index (κ2) is 5.39. The maximum atomic E-state index is 9.82. The van der Waals surface area contributed by atoms with Crippen molar-refractivity contribution in [2.45, 2.75) is 25.4 Å². The molecule has 0 aliphatic carbocycles. The second-order valence-electron chi connectivity index (χ2n) is 5.66. The molecule has 2 aliphatic rings. The number of ether oxygens (including phenoxy) is 1. The van der Waals surface area contributed by atoms with E-state index >= 15 is 0 Å². The number of hydrogen-bond donors (Lipinski definition) is 2. The first-order chi connectivity index (χ1) is 9.26. The van der Waals surface area contributed by atoms with E-state index in [0.29, 0.717) is 11.8 Å². The second-order valence-corrected chi connectivity index (χ2v) is 5.66. The molecule has 1 aromatic carbocycles. The van der Waals surface area contributed by atoms with Crippen LogP contribution in [0.5, 0.6) is 11.5 Å². The first-order valence-electron chi connectivity index (χ1n) is 7.08. The fourth-order valence-corrected chi connectivity index (χ4v) is 3.36. The maximum Gasteiger partial charge on any atom is 0.160 e. The van der Waals surface area contributed by atoms with Crippen LogP contribution in [0.25, 0.3) is 0 Å². The number of benzene rings is 1. The van der Waals surface area contributed by atoms with E-state index in [1.165, 1.54) is 25.9 Å². The largest absolute Gasteiger partial charge is 0.504 e. The zero-order chi connectivity index (χ0) is 13.2. The number of piperidine rings is 1. The Morgan fingerprint density at radius 3 is 3.05 bits per heavy atom. The van der Waals surface area contributed by atoms with Gasteiger partial charge >= 0.3 is 0 Å². The molecule has 4 nitrogen and oxygen atoms in total. The van der Waals surface area contributed by atoms with E-state index in [4.69, 9.17) is 4.74 Å². The lowest BCUT2D eigenvalue weighted by Gasteiger charge is -2.24. The van der Waals surface area contributed by atoms with Crippen LogP contribution in [0.4, 0.5) is 0 Å². The highest BCUT2D eigenvalue weighted by molar-refractivity contribution is 5.41. The Kier molecular flexibility index (Phi) is 3.62. The van der Waals surface area contributed by atoms with Crippen molar-refractivity contribution in [1.29, 1.82) is 0 Å². The van der Waals surface area contributed by atoms with Gasteiger partial charge in [-0.15, -0.1) is 0 Å². The Bertz CT molecular complexity index is 436. The molecule has 2 N–H and O–H groups in total. The Labute approximate surface area is 114 Å². The van der Waals surface area contributed by atoms with Crippen molar-refractivity contribution in [2.24, 2.45) is 5.92 Å². The zero-order valence-electron chi connectivity index (χ0n) is 11.4. The van der Waals surface area contributed by atoms with E-state index in [1.54, 1.807) is 7.11 Å². The van der Waals surface area contributed by atoms with E-state index in [9.17, 15) is 5.11 Å². The monoisotopic (exact) mass is 262 g/mol. The average molecular weight is 262 g/mol. The van der Waals surface area contributed by atoms with Gasteiger partial charge in [0.25, 0.3) is 0 Å². The van der Waals surface area contributed by atoms with Crippen LogP contribution in [-0.4, -0.2) is 42.8 Å². The lowest BCUT2D eigenvalue weighted by Crippen LogP contribution is -2.40. The first kappa shape index (κ1) is 12.8. The summed E-state index contributed by atoms with van der Waals surface area (Å²) in [7, 11) is 1.57. The van der Waals surface area contributed by atoms with Crippen molar-refractivity contribution in [3.8, 4) is 11.5 Å². The summed E-state index contributed by atoms with van der Waals surface area (Å²) in [6, 6.07) is 6.36. The summed E-state index contributed by atoms with van der Waals surface area (Å²) >= 11 is 0.